The Kier molecular flexibility index (Phi) is 7.12. The van der Waals surface area contributed by atoms with Crippen molar-refractivity contribution in [2.75, 3.05) is 6.26 Å². The van der Waals surface area contributed by atoms with Gasteiger partial charge in [-0.15, -0.1) is 0 Å². The van der Waals surface area contributed by atoms with Crippen LogP contribution < -0.4 is 0 Å². The van der Waals surface area contributed by atoms with Gasteiger partial charge < -0.3 is 5.21 Å². The number of pyridine rings is 1. The van der Waals surface area contributed by atoms with Gasteiger partial charge in [-0.25, -0.2) is 8.42 Å². The Balaban J connectivity index is 1.76. The SMILES string of the molecule is Cc1cc(/C(CC(c2cccc(-c3ccc(S(C)(=O)=O)cc3)c2)c2ccccc2C)=N/O)ccn1. The summed E-state index contributed by atoms with van der Waals surface area (Å²) in [6.45, 7) is 4.00. The number of benzene rings is 3. The first-order chi connectivity index (χ1) is 16.8. The molecule has 1 atom stereocenters. The van der Waals surface area contributed by atoms with Crippen molar-refractivity contribution in [3.63, 3.8) is 0 Å². The molecule has 0 spiro atoms. The number of sulfone groups is 1. The lowest BCUT2D eigenvalue weighted by Gasteiger charge is -2.22. The summed E-state index contributed by atoms with van der Waals surface area (Å²) in [7, 11) is -3.25. The standard InChI is InChI=1S/C29H28N2O3S/c1-20-7-4-5-10-27(20)28(19-29(31-32)25-15-16-30-21(2)17-25)24-9-6-8-23(18-24)22-11-13-26(14-12-22)35(3,33)34/h4-18,28,32H,19H2,1-3H3/b31-29+. The zero-order valence-electron chi connectivity index (χ0n) is 20.0. The third-order valence-electron chi connectivity index (χ3n) is 6.22. The van der Waals surface area contributed by atoms with E-state index in [2.05, 4.69) is 41.3 Å². The maximum atomic E-state index is 11.8. The highest BCUT2D eigenvalue weighted by atomic mass is 32.2. The average Bonchev–Trinajstić information content (AvgIpc) is 2.85. The summed E-state index contributed by atoms with van der Waals surface area (Å²) >= 11 is 0. The van der Waals surface area contributed by atoms with Crippen LogP contribution in [0.2, 0.25) is 0 Å². The zero-order chi connectivity index (χ0) is 25.0. The largest absolute Gasteiger partial charge is 0.411 e. The maximum Gasteiger partial charge on any atom is 0.175 e. The molecule has 0 saturated carbocycles. The van der Waals surface area contributed by atoms with Gasteiger partial charge in [0.1, 0.15) is 0 Å². The third kappa shape index (κ3) is 5.66. The minimum Gasteiger partial charge on any atom is -0.411 e. The van der Waals surface area contributed by atoms with E-state index in [9.17, 15) is 13.6 Å². The average molecular weight is 485 g/mol. The molecule has 4 aromatic rings. The first-order valence-electron chi connectivity index (χ1n) is 11.4. The minimum atomic E-state index is -3.25. The Bertz CT molecular complexity index is 1480. The van der Waals surface area contributed by atoms with Crippen LogP contribution in [-0.4, -0.2) is 30.6 Å². The van der Waals surface area contributed by atoms with Crippen LogP contribution in [0.5, 0.6) is 0 Å². The molecule has 0 radical (unpaired) electrons. The van der Waals surface area contributed by atoms with E-state index in [1.54, 1.807) is 18.3 Å². The van der Waals surface area contributed by atoms with Crippen molar-refractivity contribution in [1.29, 1.82) is 0 Å². The Morgan fingerprint density at radius 2 is 1.66 bits per heavy atom. The Hall–Kier alpha value is -3.77. The van der Waals surface area contributed by atoms with E-state index in [1.165, 1.54) is 6.26 Å². The fourth-order valence-electron chi connectivity index (χ4n) is 4.35. The first-order valence-corrected chi connectivity index (χ1v) is 13.3. The summed E-state index contributed by atoms with van der Waals surface area (Å²) in [6, 6.07) is 27.2. The van der Waals surface area contributed by atoms with Gasteiger partial charge in [-0.05, 0) is 65.9 Å². The number of hydrogen-bond acceptors (Lipinski definition) is 5. The van der Waals surface area contributed by atoms with E-state index in [1.807, 2.05) is 55.5 Å². The highest BCUT2D eigenvalue weighted by Gasteiger charge is 2.21. The molecule has 0 aliphatic rings. The van der Waals surface area contributed by atoms with Gasteiger partial charge in [0.05, 0.1) is 10.6 Å². The smallest absolute Gasteiger partial charge is 0.175 e. The van der Waals surface area contributed by atoms with Gasteiger partial charge in [0, 0.05) is 36.0 Å². The Morgan fingerprint density at radius 3 is 2.31 bits per heavy atom. The van der Waals surface area contributed by atoms with E-state index in [-0.39, 0.29) is 5.92 Å². The van der Waals surface area contributed by atoms with Crippen molar-refractivity contribution in [1.82, 2.24) is 4.98 Å². The molecule has 0 aliphatic heterocycles. The Morgan fingerprint density at radius 1 is 0.914 bits per heavy atom. The van der Waals surface area contributed by atoms with Crippen LogP contribution in [0.1, 0.15) is 40.3 Å². The third-order valence-corrected chi connectivity index (χ3v) is 7.35. The number of aromatic nitrogens is 1. The van der Waals surface area contributed by atoms with Crippen LogP contribution in [0.4, 0.5) is 0 Å². The van der Waals surface area contributed by atoms with E-state index >= 15 is 0 Å². The molecule has 4 rings (SSSR count). The fraction of sp³-hybridized carbons (Fsp3) is 0.172. The highest BCUT2D eigenvalue weighted by molar-refractivity contribution is 7.90. The predicted octanol–water partition coefficient (Wildman–Crippen LogP) is 6.17. The molecule has 1 heterocycles. The van der Waals surface area contributed by atoms with Crippen molar-refractivity contribution in [2.24, 2.45) is 5.16 Å². The molecule has 0 bridgehead atoms. The van der Waals surface area contributed by atoms with Crippen molar-refractivity contribution in [3.05, 3.63) is 119 Å². The first kappa shape index (κ1) is 24.4. The minimum absolute atomic E-state index is 0.0502. The van der Waals surface area contributed by atoms with Gasteiger partial charge in [-0.1, -0.05) is 65.8 Å². The molecule has 6 heteroatoms. The molecule has 0 fully saturated rings. The monoisotopic (exact) mass is 484 g/mol. The molecule has 0 amide bonds. The van der Waals surface area contributed by atoms with Crippen LogP contribution in [0.3, 0.4) is 0 Å². The number of nitrogens with zero attached hydrogens (tertiary/aromatic N) is 2. The topological polar surface area (TPSA) is 79.6 Å². The summed E-state index contributed by atoms with van der Waals surface area (Å²) in [6.07, 6.45) is 3.43. The van der Waals surface area contributed by atoms with Crippen molar-refractivity contribution in [2.45, 2.75) is 31.1 Å². The molecular formula is C29H28N2O3S. The van der Waals surface area contributed by atoms with Crippen LogP contribution in [0.25, 0.3) is 11.1 Å². The lowest BCUT2D eigenvalue weighted by Crippen LogP contribution is -2.12. The van der Waals surface area contributed by atoms with E-state index in [0.717, 1.165) is 39.1 Å². The molecular weight excluding hydrogens is 456 g/mol. The summed E-state index contributed by atoms with van der Waals surface area (Å²) in [4.78, 5) is 4.56. The molecule has 1 unspecified atom stereocenters. The van der Waals surface area contributed by atoms with Gasteiger partial charge in [0.15, 0.2) is 9.84 Å². The molecule has 0 saturated heterocycles. The van der Waals surface area contributed by atoms with Crippen molar-refractivity contribution < 1.29 is 13.6 Å². The summed E-state index contributed by atoms with van der Waals surface area (Å²) in [5.74, 6) is -0.0502. The maximum absolute atomic E-state index is 11.8. The number of hydrogen-bond donors (Lipinski definition) is 1. The van der Waals surface area contributed by atoms with Crippen LogP contribution in [0, 0.1) is 13.8 Å². The van der Waals surface area contributed by atoms with Gasteiger partial charge >= 0.3 is 0 Å². The molecule has 178 valence electrons. The van der Waals surface area contributed by atoms with Crippen LogP contribution >= 0.6 is 0 Å². The van der Waals surface area contributed by atoms with Gasteiger partial charge in [-0.2, -0.15) is 0 Å². The second-order valence-electron chi connectivity index (χ2n) is 8.77. The van der Waals surface area contributed by atoms with Crippen LogP contribution in [-0.2, 0) is 9.84 Å². The second kappa shape index (κ2) is 10.2. The van der Waals surface area contributed by atoms with E-state index in [0.29, 0.717) is 17.0 Å². The second-order valence-corrected chi connectivity index (χ2v) is 10.8. The van der Waals surface area contributed by atoms with Gasteiger partial charge in [0.25, 0.3) is 0 Å². The summed E-state index contributed by atoms with van der Waals surface area (Å²) < 4.78 is 23.7. The normalized spacial score (nSPS) is 12.9. The summed E-state index contributed by atoms with van der Waals surface area (Å²) in [5, 5.41) is 13.6. The molecule has 3 aromatic carbocycles. The highest BCUT2D eigenvalue weighted by Crippen LogP contribution is 2.34. The van der Waals surface area contributed by atoms with E-state index in [4.69, 9.17) is 0 Å². The molecule has 0 aliphatic carbocycles. The zero-order valence-corrected chi connectivity index (χ0v) is 20.8. The predicted molar refractivity (Wildman–Crippen MR) is 140 cm³/mol. The van der Waals surface area contributed by atoms with Crippen LogP contribution in [0.15, 0.2) is 101 Å². The molecule has 1 N–H and O–H groups in total. The van der Waals surface area contributed by atoms with Gasteiger partial charge in [-0.3, -0.25) is 4.98 Å². The summed E-state index contributed by atoms with van der Waals surface area (Å²) in [5.41, 5.74) is 7.60. The molecule has 5 nitrogen and oxygen atoms in total. The van der Waals surface area contributed by atoms with Gasteiger partial charge in [0.2, 0.25) is 0 Å². The van der Waals surface area contributed by atoms with Crippen molar-refractivity contribution in [3.8, 4) is 11.1 Å². The van der Waals surface area contributed by atoms with E-state index < -0.39 is 9.84 Å². The number of aryl methyl sites for hydroxylation is 2. The lowest BCUT2D eigenvalue weighted by atomic mass is 9.82. The molecule has 1 aromatic heterocycles. The Labute approximate surface area is 206 Å². The lowest BCUT2D eigenvalue weighted by molar-refractivity contribution is 0.317. The quantitative estimate of drug-likeness (QED) is 0.193. The van der Waals surface area contributed by atoms with Crippen molar-refractivity contribution >= 4 is 15.5 Å². The number of oxime groups is 1. The molecule has 35 heavy (non-hydrogen) atoms. The number of rotatable bonds is 7. The fourth-order valence-corrected chi connectivity index (χ4v) is 4.98.